The van der Waals surface area contributed by atoms with Gasteiger partial charge >= 0.3 is 5.97 Å². The fourth-order valence-corrected chi connectivity index (χ4v) is 2.36. The minimum atomic E-state index is -0.952. The average Bonchev–Trinajstić information content (AvgIpc) is 2.46. The molecule has 0 atom stereocenters. The predicted octanol–water partition coefficient (Wildman–Crippen LogP) is 3.26. The number of carboxylic acid groups (broad SMARTS) is 1. The van der Waals surface area contributed by atoms with E-state index in [4.69, 9.17) is 9.84 Å². The summed E-state index contributed by atoms with van der Waals surface area (Å²) in [7, 11) is 0. The van der Waals surface area contributed by atoms with Gasteiger partial charge in [-0.15, -0.1) is 11.8 Å². The van der Waals surface area contributed by atoms with Crippen molar-refractivity contribution in [3.05, 3.63) is 54.1 Å². The van der Waals surface area contributed by atoms with Crippen LogP contribution in [0.2, 0.25) is 0 Å². The first-order chi connectivity index (χ1) is 9.66. The number of carboxylic acids is 1. The second-order valence-electron chi connectivity index (χ2n) is 3.99. The summed E-state index contributed by atoms with van der Waals surface area (Å²) in [6.45, 7) is 0.478. The Balaban J connectivity index is 1.79. The Morgan fingerprint density at radius 2 is 1.80 bits per heavy atom. The number of phenols is 1. The zero-order chi connectivity index (χ0) is 14.4. The molecule has 0 heterocycles. The largest absolute Gasteiger partial charge is 0.507 e. The van der Waals surface area contributed by atoms with Crippen LogP contribution in [0.1, 0.15) is 10.4 Å². The van der Waals surface area contributed by atoms with Gasteiger partial charge in [0.1, 0.15) is 11.5 Å². The minimum Gasteiger partial charge on any atom is -0.507 e. The Hall–Kier alpha value is -2.14. The topological polar surface area (TPSA) is 66.8 Å². The second kappa shape index (κ2) is 6.86. The van der Waals surface area contributed by atoms with Crippen LogP contribution in [-0.2, 0) is 0 Å². The highest BCUT2D eigenvalue weighted by molar-refractivity contribution is 7.99. The Morgan fingerprint density at radius 1 is 1.10 bits per heavy atom. The summed E-state index contributed by atoms with van der Waals surface area (Å²) in [6.07, 6.45) is 0. The predicted molar refractivity (Wildman–Crippen MR) is 77.7 cm³/mol. The highest BCUT2D eigenvalue weighted by Crippen LogP contribution is 2.27. The molecule has 2 rings (SSSR count). The van der Waals surface area contributed by atoms with Gasteiger partial charge in [-0.1, -0.05) is 12.1 Å². The first-order valence-corrected chi connectivity index (χ1v) is 7.02. The highest BCUT2D eigenvalue weighted by atomic mass is 32.2. The smallest absolute Gasteiger partial charge is 0.335 e. The van der Waals surface area contributed by atoms with Gasteiger partial charge in [0.15, 0.2) is 0 Å². The van der Waals surface area contributed by atoms with Crippen LogP contribution in [0, 0.1) is 0 Å². The fraction of sp³-hybridized carbons (Fsp3) is 0.133. The average molecular weight is 290 g/mol. The van der Waals surface area contributed by atoms with E-state index in [1.165, 1.54) is 23.9 Å². The monoisotopic (exact) mass is 290 g/mol. The van der Waals surface area contributed by atoms with Gasteiger partial charge in [-0.2, -0.15) is 0 Å². The summed E-state index contributed by atoms with van der Waals surface area (Å²) < 4.78 is 5.51. The van der Waals surface area contributed by atoms with Crippen LogP contribution in [0.4, 0.5) is 0 Å². The number of hydrogen-bond acceptors (Lipinski definition) is 4. The Labute approximate surface area is 121 Å². The molecular formula is C15H14O4S. The summed E-state index contributed by atoms with van der Waals surface area (Å²) >= 11 is 1.51. The molecule has 0 amide bonds. The molecular weight excluding hydrogens is 276 g/mol. The highest BCUT2D eigenvalue weighted by Gasteiger charge is 2.03. The molecule has 5 heteroatoms. The zero-order valence-corrected chi connectivity index (χ0v) is 11.5. The van der Waals surface area contributed by atoms with Crippen molar-refractivity contribution < 1.29 is 19.7 Å². The lowest BCUT2D eigenvalue weighted by Crippen LogP contribution is -2.01. The lowest BCUT2D eigenvalue weighted by atomic mass is 10.2. The van der Waals surface area contributed by atoms with Crippen LogP contribution in [0.25, 0.3) is 0 Å². The molecule has 2 aromatic carbocycles. The van der Waals surface area contributed by atoms with E-state index in [0.29, 0.717) is 18.1 Å². The molecule has 4 nitrogen and oxygen atoms in total. The maximum absolute atomic E-state index is 10.7. The van der Waals surface area contributed by atoms with E-state index in [9.17, 15) is 9.90 Å². The van der Waals surface area contributed by atoms with Crippen molar-refractivity contribution in [2.75, 3.05) is 12.4 Å². The molecule has 0 aromatic heterocycles. The van der Waals surface area contributed by atoms with E-state index in [1.54, 1.807) is 24.3 Å². The van der Waals surface area contributed by atoms with E-state index in [0.717, 1.165) is 4.90 Å². The summed E-state index contributed by atoms with van der Waals surface area (Å²) in [5, 5.41) is 18.4. The van der Waals surface area contributed by atoms with Crippen LogP contribution in [-0.4, -0.2) is 28.5 Å². The van der Waals surface area contributed by atoms with Crippen molar-refractivity contribution in [2.45, 2.75) is 4.90 Å². The number of aromatic hydroxyl groups is 1. The number of benzene rings is 2. The number of hydrogen-bond donors (Lipinski definition) is 2. The van der Waals surface area contributed by atoms with Gasteiger partial charge < -0.3 is 14.9 Å². The van der Waals surface area contributed by atoms with Gasteiger partial charge in [-0.3, -0.25) is 0 Å². The van der Waals surface area contributed by atoms with Crippen LogP contribution in [0.15, 0.2) is 53.4 Å². The third-order valence-electron chi connectivity index (χ3n) is 2.58. The molecule has 2 N–H and O–H groups in total. The van der Waals surface area contributed by atoms with Crippen LogP contribution in [0.3, 0.4) is 0 Å². The Bertz CT molecular complexity index is 581. The van der Waals surface area contributed by atoms with Gasteiger partial charge in [-0.05, 0) is 36.4 Å². The van der Waals surface area contributed by atoms with Crippen molar-refractivity contribution in [3.63, 3.8) is 0 Å². The first kappa shape index (κ1) is 14.3. The molecule has 0 aliphatic carbocycles. The molecule has 0 spiro atoms. The molecule has 0 aliphatic rings. The maximum atomic E-state index is 10.7. The third kappa shape index (κ3) is 3.93. The molecule has 0 radical (unpaired) electrons. The normalized spacial score (nSPS) is 10.2. The third-order valence-corrected chi connectivity index (χ3v) is 3.60. The molecule has 0 saturated heterocycles. The molecule has 104 valence electrons. The van der Waals surface area contributed by atoms with Crippen molar-refractivity contribution in [1.29, 1.82) is 0 Å². The summed E-state index contributed by atoms with van der Waals surface area (Å²) in [6, 6.07) is 13.4. The van der Waals surface area contributed by atoms with E-state index < -0.39 is 5.97 Å². The molecule has 0 aliphatic heterocycles. The number of carbonyl (C=O) groups is 1. The second-order valence-corrected chi connectivity index (χ2v) is 5.13. The number of rotatable bonds is 6. The van der Waals surface area contributed by atoms with E-state index in [-0.39, 0.29) is 11.3 Å². The van der Waals surface area contributed by atoms with E-state index in [2.05, 4.69) is 0 Å². The zero-order valence-electron chi connectivity index (χ0n) is 10.7. The van der Waals surface area contributed by atoms with Crippen molar-refractivity contribution in [2.24, 2.45) is 0 Å². The number of thioether (sulfide) groups is 1. The van der Waals surface area contributed by atoms with Crippen molar-refractivity contribution in [3.8, 4) is 11.5 Å². The van der Waals surface area contributed by atoms with Crippen LogP contribution in [0.5, 0.6) is 11.5 Å². The SMILES string of the molecule is O=C(O)c1ccc(OCCSc2ccccc2O)cc1. The Morgan fingerprint density at radius 3 is 2.45 bits per heavy atom. The molecule has 0 unspecified atom stereocenters. The van der Waals surface area contributed by atoms with Gasteiger partial charge in [0.05, 0.1) is 12.2 Å². The lowest BCUT2D eigenvalue weighted by molar-refractivity contribution is 0.0697. The molecule has 20 heavy (non-hydrogen) atoms. The van der Waals surface area contributed by atoms with Gasteiger partial charge in [0.25, 0.3) is 0 Å². The maximum Gasteiger partial charge on any atom is 0.335 e. The van der Waals surface area contributed by atoms with Gasteiger partial charge in [-0.25, -0.2) is 4.79 Å². The summed E-state index contributed by atoms with van der Waals surface area (Å²) in [5.41, 5.74) is 0.237. The summed E-state index contributed by atoms with van der Waals surface area (Å²) in [5.74, 6) is 0.640. The standard InChI is InChI=1S/C15H14O4S/c16-13-3-1-2-4-14(13)20-10-9-19-12-7-5-11(6-8-12)15(17)18/h1-8,16H,9-10H2,(H,17,18). The van der Waals surface area contributed by atoms with Gasteiger partial charge in [0, 0.05) is 10.6 Å². The quantitative estimate of drug-likeness (QED) is 0.631. The number of para-hydroxylation sites is 1. The fourth-order valence-electron chi connectivity index (χ4n) is 1.58. The number of ether oxygens (including phenoxy) is 1. The van der Waals surface area contributed by atoms with Crippen molar-refractivity contribution in [1.82, 2.24) is 0 Å². The van der Waals surface area contributed by atoms with Crippen molar-refractivity contribution >= 4 is 17.7 Å². The molecule has 0 fully saturated rings. The van der Waals surface area contributed by atoms with E-state index in [1.807, 2.05) is 12.1 Å². The number of aromatic carboxylic acids is 1. The molecule has 2 aromatic rings. The van der Waals surface area contributed by atoms with E-state index >= 15 is 0 Å². The van der Waals surface area contributed by atoms with Crippen LogP contribution < -0.4 is 4.74 Å². The first-order valence-electron chi connectivity index (χ1n) is 6.04. The summed E-state index contributed by atoms with van der Waals surface area (Å²) in [4.78, 5) is 11.5. The van der Waals surface area contributed by atoms with Gasteiger partial charge in [0.2, 0.25) is 0 Å². The molecule has 0 bridgehead atoms. The number of phenolic OH excluding ortho intramolecular Hbond substituents is 1. The van der Waals surface area contributed by atoms with Crippen LogP contribution >= 0.6 is 11.8 Å². The Kier molecular flexibility index (Phi) is 4.90. The minimum absolute atomic E-state index is 0.237. The lowest BCUT2D eigenvalue weighted by Gasteiger charge is -2.07. The molecule has 0 saturated carbocycles.